The average molecular weight is 238 g/mol. The number of hydrogen-bond donors (Lipinski definition) is 1. The van der Waals surface area contributed by atoms with Crippen LogP contribution in [0.25, 0.3) is 0 Å². The standard InChI is InChI=1S/C12H18N2OS/c1-5-9-7(2)16-11(13-9)14-10(15)8-6-12(8,3)4/h8H,5-6H2,1-4H3,(H,13,14,15). The van der Waals surface area contributed by atoms with Crippen molar-refractivity contribution < 1.29 is 4.79 Å². The van der Waals surface area contributed by atoms with Gasteiger partial charge < -0.3 is 5.32 Å². The molecule has 0 aliphatic heterocycles. The fourth-order valence-electron chi connectivity index (χ4n) is 1.92. The lowest BCUT2D eigenvalue weighted by atomic mass is 10.1. The van der Waals surface area contributed by atoms with E-state index in [1.807, 2.05) is 6.92 Å². The number of aromatic nitrogens is 1. The maximum atomic E-state index is 11.9. The van der Waals surface area contributed by atoms with Crippen LogP contribution in [0.4, 0.5) is 5.13 Å². The SMILES string of the molecule is CCc1nc(NC(=O)C2CC2(C)C)sc1C. The molecule has 1 heterocycles. The van der Waals surface area contributed by atoms with Gasteiger partial charge in [-0.1, -0.05) is 20.8 Å². The van der Waals surface area contributed by atoms with E-state index in [-0.39, 0.29) is 17.2 Å². The van der Waals surface area contributed by atoms with Gasteiger partial charge in [-0.2, -0.15) is 0 Å². The van der Waals surface area contributed by atoms with E-state index in [1.165, 1.54) is 4.88 Å². The summed E-state index contributed by atoms with van der Waals surface area (Å²) < 4.78 is 0. The van der Waals surface area contributed by atoms with Crippen LogP contribution in [0.1, 0.15) is 37.8 Å². The van der Waals surface area contributed by atoms with Crippen molar-refractivity contribution in [3.05, 3.63) is 10.6 Å². The topological polar surface area (TPSA) is 42.0 Å². The van der Waals surface area contributed by atoms with Crippen LogP contribution >= 0.6 is 11.3 Å². The summed E-state index contributed by atoms with van der Waals surface area (Å²) in [6, 6.07) is 0. The van der Waals surface area contributed by atoms with Crippen LogP contribution in [-0.2, 0) is 11.2 Å². The van der Waals surface area contributed by atoms with Gasteiger partial charge in [-0.25, -0.2) is 4.98 Å². The molecule has 0 spiro atoms. The normalized spacial score (nSPS) is 21.9. The van der Waals surface area contributed by atoms with E-state index in [0.717, 1.165) is 23.7 Å². The van der Waals surface area contributed by atoms with Gasteiger partial charge in [-0.15, -0.1) is 11.3 Å². The second-order valence-corrected chi connectivity index (χ2v) is 6.31. The summed E-state index contributed by atoms with van der Waals surface area (Å²) in [5.74, 6) is 0.295. The van der Waals surface area contributed by atoms with Crippen molar-refractivity contribution in [1.29, 1.82) is 0 Å². The van der Waals surface area contributed by atoms with Crippen LogP contribution in [0.2, 0.25) is 0 Å². The smallest absolute Gasteiger partial charge is 0.229 e. The van der Waals surface area contributed by atoms with Crippen LogP contribution in [0, 0.1) is 18.3 Å². The van der Waals surface area contributed by atoms with Gasteiger partial charge in [0.2, 0.25) is 5.91 Å². The predicted molar refractivity (Wildman–Crippen MR) is 66.7 cm³/mol. The molecule has 1 amide bonds. The van der Waals surface area contributed by atoms with Crippen LogP contribution in [0.5, 0.6) is 0 Å². The van der Waals surface area contributed by atoms with Gasteiger partial charge in [-0.05, 0) is 25.2 Å². The van der Waals surface area contributed by atoms with E-state index in [4.69, 9.17) is 0 Å². The zero-order valence-electron chi connectivity index (χ0n) is 10.3. The molecule has 1 fully saturated rings. The number of hydrogen-bond acceptors (Lipinski definition) is 3. The van der Waals surface area contributed by atoms with Crippen molar-refractivity contribution in [1.82, 2.24) is 4.98 Å². The van der Waals surface area contributed by atoms with E-state index in [0.29, 0.717) is 0 Å². The highest BCUT2D eigenvalue weighted by Gasteiger charge is 2.50. The summed E-state index contributed by atoms with van der Waals surface area (Å²) in [6.45, 7) is 8.38. The summed E-state index contributed by atoms with van der Waals surface area (Å²) in [7, 11) is 0. The third kappa shape index (κ3) is 2.12. The molecule has 1 N–H and O–H groups in total. The molecule has 0 bridgehead atoms. The minimum atomic E-state index is 0.126. The fraction of sp³-hybridized carbons (Fsp3) is 0.667. The first-order valence-corrected chi connectivity index (χ1v) is 6.53. The number of thiazole rings is 1. The molecule has 2 rings (SSSR count). The fourth-order valence-corrected chi connectivity index (χ4v) is 2.82. The number of aryl methyl sites for hydroxylation is 2. The Bertz CT molecular complexity index is 423. The van der Waals surface area contributed by atoms with Gasteiger partial charge in [0.25, 0.3) is 0 Å². The maximum absolute atomic E-state index is 11.9. The predicted octanol–water partition coefficient (Wildman–Crippen LogP) is 3.00. The lowest BCUT2D eigenvalue weighted by Gasteiger charge is -2.02. The Morgan fingerprint density at radius 3 is 2.69 bits per heavy atom. The van der Waals surface area contributed by atoms with E-state index >= 15 is 0 Å². The van der Waals surface area contributed by atoms with Crippen molar-refractivity contribution in [3.8, 4) is 0 Å². The lowest BCUT2D eigenvalue weighted by Crippen LogP contribution is -2.16. The third-order valence-corrected chi connectivity index (χ3v) is 4.22. The van der Waals surface area contributed by atoms with Crippen molar-refractivity contribution in [3.63, 3.8) is 0 Å². The van der Waals surface area contributed by atoms with Gasteiger partial charge in [0.05, 0.1) is 5.69 Å². The number of anilines is 1. The van der Waals surface area contributed by atoms with Crippen molar-refractivity contribution in [2.75, 3.05) is 5.32 Å². The van der Waals surface area contributed by atoms with Crippen molar-refractivity contribution in [2.45, 2.75) is 40.5 Å². The van der Waals surface area contributed by atoms with Gasteiger partial charge >= 0.3 is 0 Å². The molecule has 1 aliphatic rings. The van der Waals surface area contributed by atoms with Gasteiger partial charge in [-0.3, -0.25) is 4.79 Å². The highest BCUT2D eigenvalue weighted by molar-refractivity contribution is 7.15. The number of amides is 1. The minimum absolute atomic E-state index is 0.126. The molecule has 0 aromatic carbocycles. The van der Waals surface area contributed by atoms with E-state index in [1.54, 1.807) is 11.3 Å². The molecule has 0 radical (unpaired) electrons. The van der Waals surface area contributed by atoms with Crippen molar-refractivity contribution in [2.24, 2.45) is 11.3 Å². The number of carbonyl (C=O) groups excluding carboxylic acids is 1. The third-order valence-electron chi connectivity index (χ3n) is 3.29. The number of nitrogens with one attached hydrogen (secondary N) is 1. The Kier molecular flexibility index (Phi) is 2.78. The summed E-state index contributed by atoms with van der Waals surface area (Å²) in [4.78, 5) is 17.5. The van der Waals surface area contributed by atoms with Gasteiger partial charge in [0.15, 0.2) is 5.13 Å². The molecule has 16 heavy (non-hydrogen) atoms. The maximum Gasteiger partial charge on any atom is 0.229 e. The number of rotatable bonds is 3. The molecule has 4 heteroatoms. The molecule has 1 aromatic heterocycles. The first kappa shape index (κ1) is 11.6. The Labute approximate surface area is 100 Å². The largest absolute Gasteiger partial charge is 0.302 e. The Morgan fingerprint density at radius 2 is 2.25 bits per heavy atom. The highest BCUT2D eigenvalue weighted by Crippen LogP contribution is 2.52. The van der Waals surface area contributed by atoms with E-state index < -0.39 is 0 Å². The van der Waals surface area contributed by atoms with Crippen LogP contribution in [0.3, 0.4) is 0 Å². The highest BCUT2D eigenvalue weighted by atomic mass is 32.1. The van der Waals surface area contributed by atoms with E-state index in [9.17, 15) is 4.79 Å². The zero-order valence-corrected chi connectivity index (χ0v) is 11.1. The van der Waals surface area contributed by atoms with Crippen LogP contribution < -0.4 is 5.32 Å². The molecule has 88 valence electrons. The minimum Gasteiger partial charge on any atom is -0.302 e. The number of carbonyl (C=O) groups is 1. The first-order chi connectivity index (χ1) is 7.44. The van der Waals surface area contributed by atoms with E-state index in [2.05, 4.69) is 31.1 Å². The Morgan fingerprint density at radius 1 is 1.62 bits per heavy atom. The molecular weight excluding hydrogens is 220 g/mol. The lowest BCUT2D eigenvalue weighted by molar-refractivity contribution is -0.117. The van der Waals surface area contributed by atoms with Crippen LogP contribution in [-0.4, -0.2) is 10.9 Å². The van der Waals surface area contributed by atoms with Crippen molar-refractivity contribution >= 4 is 22.4 Å². The summed E-state index contributed by atoms with van der Waals surface area (Å²) in [5, 5.41) is 3.68. The molecule has 1 saturated carbocycles. The van der Waals surface area contributed by atoms with Gasteiger partial charge in [0.1, 0.15) is 0 Å². The quantitative estimate of drug-likeness (QED) is 0.879. The monoisotopic (exact) mass is 238 g/mol. The molecule has 3 nitrogen and oxygen atoms in total. The summed E-state index contributed by atoms with van der Waals surface area (Å²) in [5.41, 5.74) is 1.28. The second kappa shape index (κ2) is 3.84. The molecule has 0 saturated heterocycles. The molecule has 1 aliphatic carbocycles. The Balaban J connectivity index is 2.02. The van der Waals surface area contributed by atoms with Gasteiger partial charge in [0, 0.05) is 10.8 Å². The zero-order chi connectivity index (χ0) is 11.9. The molecule has 1 atom stereocenters. The summed E-state index contributed by atoms with van der Waals surface area (Å²) >= 11 is 1.57. The summed E-state index contributed by atoms with van der Waals surface area (Å²) in [6.07, 6.45) is 1.91. The Hall–Kier alpha value is -0.900. The average Bonchev–Trinajstić information content (AvgIpc) is 2.68. The first-order valence-electron chi connectivity index (χ1n) is 5.71. The molecular formula is C12H18N2OS. The number of nitrogens with zero attached hydrogens (tertiary/aromatic N) is 1. The molecule has 1 unspecified atom stereocenters. The molecule has 1 aromatic rings. The van der Waals surface area contributed by atoms with Crippen LogP contribution in [0.15, 0.2) is 0 Å². The second-order valence-electron chi connectivity index (χ2n) is 5.11.